The zero-order chi connectivity index (χ0) is 27.0. The Morgan fingerprint density at radius 3 is 2.66 bits per heavy atom. The first kappa shape index (κ1) is 25.3. The second-order valence-corrected chi connectivity index (χ2v) is 9.64. The molecule has 0 radical (unpaired) electrons. The SMILES string of the molecule is CCOC(=O)C1=C(C)N=c2s/c(=C\c3c(O)ccc4ccccc34)c(=O)n2[C@H]1c1ccc(OC)cc1OC. The van der Waals surface area contributed by atoms with Crippen molar-refractivity contribution in [2.24, 2.45) is 4.99 Å². The molecule has 194 valence electrons. The van der Waals surface area contributed by atoms with E-state index in [9.17, 15) is 14.7 Å². The highest BCUT2D eigenvalue weighted by atomic mass is 32.1. The van der Waals surface area contributed by atoms with Gasteiger partial charge in [-0.05, 0) is 48.9 Å². The molecule has 38 heavy (non-hydrogen) atoms. The number of ether oxygens (including phenoxy) is 3. The van der Waals surface area contributed by atoms with E-state index in [1.165, 1.54) is 23.0 Å². The molecular formula is C29H26N2O6S. The molecule has 1 aromatic heterocycles. The number of methoxy groups -OCH3 is 2. The lowest BCUT2D eigenvalue weighted by molar-refractivity contribution is -0.139. The number of aromatic hydroxyl groups is 1. The van der Waals surface area contributed by atoms with Gasteiger partial charge in [0.15, 0.2) is 4.80 Å². The van der Waals surface area contributed by atoms with Crippen LogP contribution in [0.25, 0.3) is 16.8 Å². The summed E-state index contributed by atoms with van der Waals surface area (Å²) < 4.78 is 18.2. The summed E-state index contributed by atoms with van der Waals surface area (Å²) in [6, 6.07) is 15.5. The lowest BCUT2D eigenvalue weighted by Crippen LogP contribution is -2.40. The van der Waals surface area contributed by atoms with Crippen LogP contribution in [0.15, 0.2) is 75.7 Å². The Labute approximate surface area is 222 Å². The third-order valence-corrected chi connectivity index (χ3v) is 7.46. The van der Waals surface area contributed by atoms with E-state index in [2.05, 4.69) is 4.99 Å². The maximum atomic E-state index is 14.0. The zero-order valence-electron chi connectivity index (χ0n) is 21.3. The Morgan fingerprint density at radius 2 is 1.92 bits per heavy atom. The van der Waals surface area contributed by atoms with Crippen LogP contribution in [0.4, 0.5) is 0 Å². The summed E-state index contributed by atoms with van der Waals surface area (Å²) in [4.78, 5) is 32.2. The topological polar surface area (TPSA) is 99.4 Å². The molecule has 1 N–H and O–H groups in total. The molecule has 0 unspecified atom stereocenters. The summed E-state index contributed by atoms with van der Waals surface area (Å²) in [6.07, 6.45) is 1.67. The van der Waals surface area contributed by atoms with Crippen molar-refractivity contribution in [3.63, 3.8) is 0 Å². The van der Waals surface area contributed by atoms with Crippen molar-refractivity contribution in [1.29, 1.82) is 0 Å². The number of phenolic OH excluding ortho intramolecular Hbond substituents is 1. The summed E-state index contributed by atoms with van der Waals surface area (Å²) in [5, 5.41) is 12.4. The van der Waals surface area contributed by atoms with Gasteiger partial charge in [-0.25, -0.2) is 9.79 Å². The molecule has 3 aromatic carbocycles. The average molecular weight is 531 g/mol. The predicted molar refractivity (Wildman–Crippen MR) is 146 cm³/mol. The van der Waals surface area contributed by atoms with Gasteiger partial charge in [0.2, 0.25) is 0 Å². The van der Waals surface area contributed by atoms with Crippen molar-refractivity contribution in [3.8, 4) is 17.2 Å². The van der Waals surface area contributed by atoms with E-state index in [0.717, 1.165) is 10.8 Å². The maximum absolute atomic E-state index is 14.0. The van der Waals surface area contributed by atoms with Gasteiger partial charge in [-0.2, -0.15) is 0 Å². The number of phenols is 1. The number of fused-ring (bicyclic) bond motifs is 2. The van der Waals surface area contributed by atoms with Gasteiger partial charge in [-0.3, -0.25) is 9.36 Å². The minimum atomic E-state index is -0.838. The van der Waals surface area contributed by atoms with Gasteiger partial charge >= 0.3 is 5.97 Å². The highest BCUT2D eigenvalue weighted by molar-refractivity contribution is 7.07. The van der Waals surface area contributed by atoms with Crippen molar-refractivity contribution in [2.75, 3.05) is 20.8 Å². The Bertz CT molecular complexity index is 1780. The molecule has 0 saturated heterocycles. The molecule has 0 spiro atoms. The van der Waals surface area contributed by atoms with Crippen molar-refractivity contribution in [1.82, 2.24) is 4.57 Å². The number of hydrogen-bond donors (Lipinski definition) is 1. The minimum Gasteiger partial charge on any atom is -0.507 e. The van der Waals surface area contributed by atoms with Crippen molar-refractivity contribution in [3.05, 3.63) is 96.7 Å². The van der Waals surface area contributed by atoms with Crippen LogP contribution in [-0.4, -0.2) is 36.5 Å². The first-order valence-corrected chi connectivity index (χ1v) is 12.8. The van der Waals surface area contributed by atoms with E-state index in [1.807, 2.05) is 30.3 Å². The molecule has 8 nitrogen and oxygen atoms in total. The molecule has 1 atom stereocenters. The first-order valence-electron chi connectivity index (χ1n) is 12.0. The molecule has 0 amide bonds. The standard InChI is InChI=1S/C29H26N2O6S/c1-5-37-28(34)25-16(2)30-29-31(26(25)20-12-11-18(35-3)14-23(20)36-4)27(33)24(38-29)15-21-19-9-7-6-8-17(19)10-13-22(21)32/h6-15,26,32H,5H2,1-4H3/b24-15-/t26-/m0/s1. The van der Waals surface area contributed by atoms with E-state index in [1.54, 1.807) is 51.3 Å². The van der Waals surface area contributed by atoms with Crippen molar-refractivity contribution in [2.45, 2.75) is 19.9 Å². The van der Waals surface area contributed by atoms with Gasteiger partial charge in [-0.1, -0.05) is 41.7 Å². The molecule has 0 aliphatic carbocycles. The molecule has 0 bridgehead atoms. The van der Waals surface area contributed by atoms with Crippen LogP contribution < -0.4 is 24.4 Å². The van der Waals surface area contributed by atoms with E-state index in [4.69, 9.17) is 14.2 Å². The van der Waals surface area contributed by atoms with E-state index in [0.29, 0.717) is 37.7 Å². The Kier molecular flexibility index (Phi) is 6.77. The maximum Gasteiger partial charge on any atom is 0.338 e. The second kappa shape index (κ2) is 10.2. The quantitative estimate of drug-likeness (QED) is 0.382. The summed E-state index contributed by atoms with van der Waals surface area (Å²) in [5.41, 5.74) is 1.48. The van der Waals surface area contributed by atoms with Crippen LogP contribution in [0.1, 0.15) is 31.0 Å². The van der Waals surface area contributed by atoms with Crippen LogP contribution in [0.3, 0.4) is 0 Å². The number of aromatic nitrogens is 1. The lowest BCUT2D eigenvalue weighted by Gasteiger charge is -2.26. The van der Waals surface area contributed by atoms with Gasteiger partial charge in [0, 0.05) is 17.2 Å². The fraction of sp³-hybridized carbons (Fsp3) is 0.207. The predicted octanol–water partition coefficient (Wildman–Crippen LogP) is 3.67. The minimum absolute atomic E-state index is 0.0614. The molecular weight excluding hydrogens is 504 g/mol. The molecule has 0 fully saturated rings. The smallest absolute Gasteiger partial charge is 0.338 e. The number of nitrogens with zero attached hydrogens (tertiary/aromatic N) is 2. The Morgan fingerprint density at radius 1 is 1.13 bits per heavy atom. The number of carbonyl (C=O) groups excluding carboxylic acids is 1. The van der Waals surface area contributed by atoms with Gasteiger partial charge in [0.05, 0.1) is 36.6 Å². The number of hydrogen-bond acceptors (Lipinski definition) is 8. The monoisotopic (exact) mass is 530 g/mol. The zero-order valence-corrected chi connectivity index (χ0v) is 22.2. The first-order chi connectivity index (χ1) is 18.4. The van der Waals surface area contributed by atoms with Crippen LogP contribution in [0.2, 0.25) is 0 Å². The lowest BCUT2D eigenvalue weighted by atomic mass is 9.95. The molecule has 2 heterocycles. The van der Waals surface area contributed by atoms with Crippen molar-refractivity contribution < 1.29 is 24.1 Å². The molecule has 5 rings (SSSR count). The van der Waals surface area contributed by atoms with Gasteiger partial charge in [0.1, 0.15) is 23.3 Å². The van der Waals surface area contributed by atoms with E-state index < -0.39 is 12.0 Å². The number of benzene rings is 3. The molecule has 0 saturated carbocycles. The second-order valence-electron chi connectivity index (χ2n) is 8.63. The normalized spacial score (nSPS) is 15.3. The average Bonchev–Trinajstić information content (AvgIpc) is 3.23. The highest BCUT2D eigenvalue weighted by Crippen LogP contribution is 2.37. The summed E-state index contributed by atoms with van der Waals surface area (Å²) in [5.74, 6) is 0.527. The van der Waals surface area contributed by atoms with Crippen LogP contribution in [-0.2, 0) is 9.53 Å². The molecule has 9 heteroatoms. The number of rotatable bonds is 6. The van der Waals surface area contributed by atoms with Gasteiger partial charge < -0.3 is 19.3 Å². The number of allylic oxidation sites excluding steroid dienone is 1. The Balaban J connectivity index is 1.80. The number of carbonyl (C=O) groups is 1. The third kappa shape index (κ3) is 4.24. The van der Waals surface area contributed by atoms with Crippen LogP contribution in [0, 0.1) is 0 Å². The van der Waals surface area contributed by atoms with E-state index >= 15 is 0 Å². The fourth-order valence-electron chi connectivity index (χ4n) is 4.70. The van der Waals surface area contributed by atoms with Crippen LogP contribution in [0.5, 0.6) is 17.2 Å². The molecule has 1 aliphatic heterocycles. The summed E-state index contributed by atoms with van der Waals surface area (Å²) in [6.45, 7) is 3.62. The fourth-order valence-corrected chi connectivity index (χ4v) is 5.73. The van der Waals surface area contributed by atoms with E-state index in [-0.39, 0.29) is 23.5 Å². The van der Waals surface area contributed by atoms with Crippen LogP contribution >= 0.6 is 11.3 Å². The van der Waals surface area contributed by atoms with Gasteiger partial charge in [0.25, 0.3) is 5.56 Å². The Hall–Kier alpha value is -4.37. The van der Waals surface area contributed by atoms with Crippen molar-refractivity contribution >= 4 is 34.2 Å². The summed E-state index contributed by atoms with van der Waals surface area (Å²) >= 11 is 1.19. The number of esters is 1. The highest BCUT2D eigenvalue weighted by Gasteiger charge is 2.35. The molecule has 4 aromatic rings. The number of thiazole rings is 1. The third-order valence-electron chi connectivity index (χ3n) is 6.48. The largest absolute Gasteiger partial charge is 0.507 e. The molecule has 1 aliphatic rings. The van der Waals surface area contributed by atoms with Gasteiger partial charge in [-0.15, -0.1) is 0 Å². The summed E-state index contributed by atoms with van der Waals surface area (Å²) in [7, 11) is 3.07.